The van der Waals surface area contributed by atoms with E-state index in [1.165, 1.54) is 0 Å². The van der Waals surface area contributed by atoms with Crippen LogP contribution in [0.5, 0.6) is 11.5 Å². The van der Waals surface area contributed by atoms with Crippen LogP contribution in [0.15, 0.2) is 42.6 Å². The number of aryl methyl sites for hydroxylation is 1. The number of pyridine rings is 1. The smallest absolute Gasteiger partial charge is 0.231 e. The van der Waals surface area contributed by atoms with E-state index in [2.05, 4.69) is 20.5 Å². The van der Waals surface area contributed by atoms with Gasteiger partial charge in [0, 0.05) is 28.2 Å². The lowest BCUT2D eigenvalue weighted by molar-refractivity contribution is 0.174. The molecule has 0 atom stereocenters. The second-order valence-electron chi connectivity index (χ2n) is 5.91. The molecule has 26 heavy (non-hydrogen) atoms. The van der Waals surface area contributed by atoms with Crippen molar-refractivity contribution in [3.05, 3.63) is 53.2 Å². The van der Waals surface area contributed by atoms with Crippen molar-refractivity contribution in [3.63, 3.8) is 0 Å². The van der Waals surface area contributed by atoms with Crippen LogP contribution in [0, 0.1) is 6.92 Å². The number of aromatic nitrogens is 5. The van der Waals surface area contributed by atoms with Crippen molar-refractivity contribution in [3.8, 4) is 28.6 Å². The van der Waals surface area contributed by atoms with Gasteiger partial charge in [-0.25, -0.2) is 0 Å². The first-order valence-corrected chi connectivity index (χ1v) is 8.32. The van der Waals surface area contributed by atoms with Crippen molar-refractivity contribution in [2.45, 2.75) is 6.92 Å². The standard InChI is InChI=1S/C18H12ClN5O2/c1-10-13-6-16-17(26-9-25-16)7-15(13)20-8-14(10)18-21-22-23-24(18)12-4-2-11(19)3-5-12/h2-8H,9H2,1H3. The normalized spacial score (nSPS) is 12.7. The quantitative estimate of drug-likeness (QED) is 0.540. The Labute approximate surface area is 153 Å². The fourth-order valence-corrected chi connectivity index (χ4v) is 3.18. The molecular weight excluding hydrogens is 354 g/mol. The molecule has 7 nitrogen and oxygen atoms in total. The van der Waals surface area contributed by atoms with E-state index >= 15 is 0 Å². The zero-order valence-corrected chi connectivity index (χ0v) is 14.4. The van der Waals surface area contributed by atoms with E-state index in [9.17, 15) is 0 Å². The van der Waals surface area contributed by atoms with Crippen LogP contribution in [-0.4, -0.2) is 32.0 Å². The highest BCUT2D eigenvalue weighted by molar-refractivity contribution is 6.30. The van der Waals surface area contributed by atoms with Gasteiger partial charge in [0.05, 0.1) is 11.2 Å². The first-order chi connectivity index (χ1) is 12.7. The fraction of sp³-hybridized carbons (Fsp3) is 0.111. The summed E-state index contributed by atoms with van der Waals surface area (Å²) in [6.07, 6.45) is 1.78. The van der Waals surface area contributed by atoms with Gasteiger partial charge in [0.1, 0.15) is 0 Å². The molecule has 2 aromatic heterocycles. The van der Waals surface area contributed by atoms with Gasteiger partial charge in [-0.2, -0.15) is 4.68 Å². The lowest BCUT2D eigenvalue weighted by atomic mass is 10.0. The van der Waals surface area contributed by atoms with Crippen LogP contribution in [0.25, 0.3) is 28.0 Å². The van der Waals surface area contributed by atoms with Crippen LogP contribution in [0.4, 0.5) is 0 Å². The Balaban J connectivity index is 1.69. The van der Waals surface area contributed by atoms with Crippen LogP contribution >= 0.6 is 11.6 Å². The molecular formula is C18H12ClN5O2. The summed E-state index contributed by atoms with van der Waals surface area (Å²) in [6.45, 7) is 2.24. The average Bonchev–Trinajstić information content (AvgIpc) is 3.30. The van der Waals surface area contributed by atoms with E-state index < -0.39 is 0 Å². The molecule has 5 rings (SSSR count). The molecule has 0 saturated heterocycles. The first kappa shape index (κ1) is 15.1. The molecule has 0 spiro atoms. The Bertz CT molecular complexity index is 1140. The Hall–Kier alpha value is -3.19. The number of tetrazole rings is 1. The van der Waals surface area contributed by atoms with Crippen LogP contribution < -0.4 is 9.47 Å². The van der Waals surface area contributed by atoms with Gasteiger partial charge in [-0.3, -0.25) is 4.98 Å². The number of ether oxygens (including phenoxy) is 2. The van der Waals surface area contributed by atoms with Crippen molar-refractivity contribution in [2.75, 3.05) is 6.79 Å². The third-order valence-corrected chi connectivity index (χ3v) is 4.67. The topological polar surface area (TPSA) is 75.0 Å². The third-order valence-electron chi connectivity index (χ3n) is 4.41. The van der Waals surface area contributed by atoms with Gasteiger partial charge in [-0.15, -0.1) is 5.10 Å². The van der Waals surface area contributed by atoms with Crippen molar-refractivity contribution in [2.24, 2.45) is 0 Å². The summed E-state index contributed by atoms with van der Waals surface area (Å²) < 4.78 is 12.6. The molecule has 0 amide bonds. The summed E-state index contributed by atoms with van der Waals surface area (Å²) in [5.74, 6) is 2.04. The highest BCUT2D eigenvalue weighted by atomic mass is 35.5. The Morgan fingerprint density at radius 1 is 1.08 bits per heavy atom. The summed E-state index contributed by atoms with van der Waals surface area (Å²) in [5, 5.41) is 13.8. The minimum atomic E-state index is 0.229. The van der Waals surface area contributed by atoms with Crippen LogP contribution in [0.3, 0.4) is 0 Å². The van der Waals surface area contributed by atoms with Crippen LogP contribution in [0.2, 0.25) is 5.02 Å². The predicted molar refractivity (Wildman–Crippen MR) is 95.8 cm³/mol. The largest absolute Gasteiger partial charge is 0.454 e. The molecule has 128 valence electrons. The molecule has 1 aliphatic rings. The van der Waals surface area contributed by atoms with Gasteiger partial charge in [0.15, 0.2) is 17.3 Å². The van der Waals surface area contributed by atoms with Gasteiger partial charge in [0.25, 0.3) is 0 Å². The van der Waals surface area contributed by atoms with Gasteiger partial charge < -0.3 is 9.47 Å². The maximum absolute atomic E-state index is 5.97. The second kappa shape index (κ2) is 5.67. The zero-order valence-electron chi connectivity index (χ0n) is 13.7. The van der Waals surface area contributed by atoms with E-state index in [-0.39, 0.29) is 6.79 Å². The number of hydrogen-bond acceptors (Lipinski definition) is 6. The average molecular weight is 366 g/mol. The highest BCUT2D eigenvalue weighted by Crippen LogP contribution is 2.38. The van der Waals surface area contributed by atoms with Crippen molar-refractivity contribution < 1.29 is 9.47 Å². The maximum atomic E-state index is 5.97. The van der Waals surface area contributed by atoms with E-state index in [1.807, 2.05) is 31.2 Å². The number of benzene rings is 2. The lowest BCUT2D eigenvalue weighted by Crippen LogP contribution is -2.01. The van der Waals surface area contributed by atoms with Gasteiger partial charge >= 0.3 is 0 Å². The van der Waals surface area contributed by atoms with E-state index in [0.29, 0.717) is 16.6 Å². The van der Waals surface area contributed by atoms with E-state index in [0.717, 1.165) is 33.5 Å². The van der Waals surface area contributed by atoms with Gasteiger partial charge in [-0.05, 0) is 53.2 Å². The molecule has 4 aromatic rings. The van der Waals surface area contributed by atoms with Gasteiger partial charge in [-0.1, -0.05) is 11.6 Å². The zero-order chi connectivity index (χ0) is 17.7. The first-order valence-electron chi connectivity index (χ1n) is 7.94. The number of fused-ring (bicyclic) bond motifs is 2. The predicted octanol–water partition coefficient (Wildman–Crippen LogP) is 3.57. The number of hydrogen-bond donors (Lipinski definition) is 0. The van der Waals surface area contributed by atoms with Gasteiger partial charge in [0.2, 0.25) is 6.79 Å². The van der Waals surface area contributed by atoms with E-state index in [4.69, 9.17) is 21.1 Å². The number of nitrogens with zero attached hydrogens (tertiary/aromatic N) is 5. The Morgan fingerprint density at radius 2 is 1.85 bits per heavy atom. The molecule has 1 aliphatic heterocycles. The van der Waals surface area contributed by atoms with Crippen LogP contribution in [0.1, 0.15) is 5.56 Å². The SMILES string of the molecule is Cc1c(-c2nnnn2-c2ccc(Cl)cc2)cnc2cc3c(cc12)OCO3. The minimum Gasteiger partial charge on any atom is -0.454 e. The molecule has 0 N–H and O–H groups in total. The summed E-state index contributed by atoms with van der Waals surface area (Å²) in [5.41, 5.74) is 3.51. The second-order valence-corrected chi connectivity index (χ2v) is 6.35. The molecule has 0 unspecified atom stereocenters. The number of rotatable bonds is 2. The van der Waals surface area contributed by atoms with E-state index in [1.54, 1.807) is 23.0 Å². The molecule has 0 fully saturated rings. The monoisotopic (exact) mass is 365 g/mol. The summed E-state index contributed by atoms with van der Waals surface area (Å²) in [4.78, 5) is 4.56. The Kier molecular flexibility index (Phi) is 3.29. The highest BCUT2D eigenvalue weighted by Gasteiger charge is 2.19. The summed E-state index contributed by atoms with van der Waals surface area (Å²) in [7, 11) is 0. The molecule has 8 heteroatoms. The maximum Gasteiger partial charge on any atom is 0.231 e. The number of halogens is 1. The molecule has 0 bridgehead atoms. The molecule has 3 heterocycles. The molecule has 0 saturated carbocycles. The molecule has 2 aromatic carbocycles. The van der Waals surface area contributed by atoms with Crippen LogP contribution in [-0.2, 0) is 0 Å². The molecule has 0 radical (unpaired) electrons. The van der Waals surface area contributed by atoms with Crippen molar-refractivity contribution in [1.29, 1.82) is 0 Å². The van der Waals surface area contributed by atoms with Crippen molar-refractivity contribution in [1.82, 2.24) is 25.2 Å². The Morgan fingerprint density at radius 3 is 2.65 bits per heavy atom. The molecule has 0 aliphatic carbocycles. The lowest BCUT2D eigenvalue weighted by Gasteiger charge is -2.10. The van der Waals surface area contributed by atoms with Crippen molar-refractivity contribution >= 4 is 22.5 Å². The summed E-state index contributed by atoms with van der Waals surface area (Å²) >= 11 is 5.97. The minimum absolute atomic E-state index is 0.229. The third kappa shape index (κ3) is 2.28. The fourth-order valence-electron chi connectivity index (χ4n) is 3.05. The summed E-state index contributed by atoms with van der Waals surface area (Å²) in [6, 6.07) is 11.2.